The van der Waals surface area contributed by atoms with Crippen LogP contribution in [0.25, 0.3) is 0 Å². The van der Waals surface area contributed by atoms with Gasteiger partial charge >= 0.3 is 5.97 Å². The summed E-state index contributed by atoms with van der Waals surface area (Å²) in [5, 5.41) is 14.9. The molecule has 2 aliphatic rings. The summed E-state index contributed by atoms with van der Waals surface area (Å²) in [6.07, 6.45) is 5.83. The lowest BCUT2D eigenvalue weighted by Crippen LogP contribution is -2.37. The minimum Gasteiger partial charge on any atom is -0.497 e. The van der Waals surface area contributed by atoms with Crippen molar-refractivity contribution in [2.24, 2.45) is 5.92 Å². The van der Waals surface area contributed by atoms with Crippen molar-refractivity contribution in [3.05, 3.63) is 94.1 Å². The van der Waals surface area contributed by atoms with E-state index in [0.29, 0.717) is 24.3 Å². The maximum Gasteiger partial charge on any atom is 0.331 e. The molecule has 1 saturated carbocycles. The Kier molecular flexibility index (Phi) is 11.4. The number of aryl methyl sites for hydroxylation is 1. The zero-order valence-corrected chi connectivity index (χ0v) is 26.4. The number of carboxylic acids is 1. The Morgan fingerprint density at radius 1 is 1.07 bits per heavy atom. The first-order valence-electron chi connectivity index (χ1n) is 15.5. The third-order valence-corrected chi connectivity index (χ3v) is 9.21. The number of carboxylic acid groups (broad SMARTS) is 1. The van der Waals surface area contributed by atoms with E-state index in [1.807, 2.05) is 25.1 Å². The largest absolute Gasteiger partial charge is 0.497 e. The number of allylic oxidation sites excluding steroid dienone is 1. The Bertz CT molecular complexity index is 1400. The molecule has 0 bridgehead atoms. The fraction of sp³-hybridized carbons (Fsp3) is 0.486. The summed E-state index contributed by atoms with van der Waals surface area (Å²) in [6.45, 7) is 7.95. The van der Waals surface area contributed by atoms with Crippen molar-refractivity contribution in [2.75, 3.05) is 26.7 Å². The van der Waals surface area contributed by atoms with Crippen LogP contribution < -0.4 is 4.74 Å². The van der Waals surface area contributed by atoms with Crippen molar-refractivity contribution < 1.29 is 19.0 Å². The Morgan fingerprint density at radius 3 is 2.44 bits per heavy atom. The number of benzene rings is 2. The molecule has 1 saturated heterocycles. The minimum absolute atomic E-state index is 0. The predicted octanol–water partition coefficient (Wildman–Crippen LogP) is 7.62. The van der Waals surface area contributed by atoms with Crippen molar-refractivity contribution in [1.29, 1.82) is 0 Å². The maximum absolute atomic E-state index is 14.2. The van der Waals surface area contributed by atoms with E-state index >= 15 is 0 Å². The Hall–Kier alpha value is -3.16. The quantitative estimate of drug-likeness (QED) is 0.227. The van der Waals surface area contributed by atoms with Gasteiger partial charge in [0.15, 0.2) is 0 Å². The number of hydrogen-bond acceptors (Lipinski definition) is 4. The third-order valence-electron chi connectivity index (χ3n) is 9.21. The molecular weight excluding hydrogens is 565 g/mol. The molecule has 0 spiro atoms. The molecule has 3 aromatic rings. The van der Waals surface area contributed by atoms with Gasteiger partial charge in [0, 0.05) is 36.7 Å². The molecule has 2 unspecified atom stereocenters. The lowest BCUT2D eigenvalue weighted by Gasteiger charge is -2.35. The number of ether oxygens (including phenoxy) is 1. The lowest BCUT2D eigenvalue weighted by atomic mass is 9.87. The van der Waals surface area contributed by atoms with E-state index in [1.165, 1.54) is 17.3 Å². The smallest absolute Gasteiger partial charge is 0.331 e. The van der Waals surface area contributed by atoms with Crippen LogP contribution in [-0.4, -0.2) is 52.5 Å². The van der Waals surface area contributed by atoms with Crippen molar-refractivity contribution in [3.63, 3.8) is 0 Å². The SMILES string of the molecule is CCC/C(C(=O)O)=C1\CC(CN2CCC(c3cc(Cc4ccc(OC)cc4)nn3CC)CC2)C(c2cccc(F)c2)C1.Cl. The summed E-state index contributed by atoms with van der Waals surface area (Å²) in [5.41, 5.74) is 6.26. The summed E-state index contributed by atoms with van der Waals surface area (Å²) in [5.74, 6) is 0.726. The number of rotatable bonds is 11. The fourth-order valence-electron chi connectivity index (χ4n) is 7.08. The number of hydrogen-bond donors (Lipinski definition) is 1. The average molecular weight is 610 g/mol. The molecule has 1 aliphatic carbocycles. The van der Waals surface area contributed by atoms with Crippen LogP contribution in [0, 0.1) is 11.7 Å². The van der Waals surface area contributed by atoms with Crippen molar-refractivity contribution >= 4 is 18.4 Å². The van der Waals surface area contributed by atoms with Crippen LogP contribution in [-0.2, 0) is 17.8 Å². The number of aliphatic carboxylic acids is 1. The van der Waals surface area contributed by atoms with E-state index in [2.05, 4.69) is 34.7 Å². The molecule has 2 fully saturated rings. The van der Waals surface area contributed by atoms with Gasteiger partial charge in [-0.05, 0) is 105 Å². The molecule has 2 heterocycles. The summed E-state index contributed by atoms with van der Waals surface area (Å²) in [7, 11) is 1.68. The number of carbonyl (C=O) groups is 1. The summed E-state index contributed by atoms with van der Waals surface area (Å²) >= 11 is 0. The highest BCUT2D eigenvalue weighted by atomic mass is 35.5. The predicted molar refractivity (Wildman–Crippen MR) is 171 cm³/mol. The van der Waals surface area contributed by atoms with Gasteiger partial charge in [-0.15, -0.1) is 12.4 Å². The molecule has 232 valence electrons. The Morgan fingerprint density at radius 2 is 1.81 bits per heavy atom. The fourth-order valence-corrected chi connectivity index (χ4v) is 7.08. The third kappa shape index (κ3) is 7.87. The number of halogens is 2. The van der Waals surface area contributed by atoms with Gasteiger partial charge in [0.1, 0.15) is 11.6 Å². The number of piperidine rings is 1. The number of aromatic nitrogens is 2. The number of methoxy groups -OCH3 is 1. The van der Waals surface area contributed by atoms with Crippen LogP contribution in [0.3, 0.4) is 0 Å². The molecule has 1 aliphatic heterocycles. The first kappa shape index (κ1) is 32.7. The maximum atomic E-state index is 14.2. The van der Waals surface area contributed by atoms with Crippen molar-refractivity contribution in [3.8, 4) is 5.75 Å². The second kappa shape index (κ2) is 15.0. The van der Waals surface area contributed by atoms with Crippen LogP contribution in [0.1, 0.15) is 86.7 Å². The van der Waals surface area contributed by atoms with E-state index < -0.39 is 5.97 Å². The van der Waals surface area contributed by atoms with Crippen LogP contribution >= 0.6 is 12.4 Å². The first-order valence-corrected chi connectivity index (χ1v) is 15.5. The number of likely N-dealkylation sites (tertiary alicyclic amines) is 1. The monoisotopic (exact) mass is 609 g/mol. The van der Waals surface area contributed by atoms with E-state index in [4.69, 9.17) is 9.84 Å². The Labute approximate surface area is 261 Å². The highest BCUT2D eigenvalue weighted by Crippen LogP contribution is 2.45. The molecule has 1 N–H and O–H groups in total. The zero-order chi connectivity index (χ0) is 29.6. The van der Waals surface area contributed by atoms with E-state index in [-0.39, 0.29) is 30.1 Å². The Balaban J connectivity index is 0.00000423. The highest BCUT2D eigenvalue weighted by molar-refractivity contribution is 5.87. The van der Waals surface area contributed by atoms with Crippen molar-refractivity contribution in [1.82, 2.24) is 14.7 Å². The minimum atomic E-state index is -0.801. The highest BCUT2D eigenvalue weighted by Gasteiger charge is 2.36. The second-order valence-electron chi connectivity index (χ2n) is 11.9. The van der Waals surface area contributed by atoms with E-state index in [1.54, 1.807) is 19.2 Å². The van der Waals surface area contributed by atoms with Gasteiger partial charge < -0.3 is 14.7 Å². The average Bonchev–Trinajstić information content (AvgIpc) is 3.60. The van der Waals surface area contributed by atoms with Gasteiger partial charge in [0.25, 0.3) is 0 Å². The first-order chi connectivity index (χ1) is 20.4. The molecule has 2 atom stereocenters. The molecule has 8 heteroatoms. The van der Waals surface area contributed by atoms with Gasteiger partial charge in [-0.2, -0.15) is 5.10 Å². The number of nitrogens with zero attached hydrogens (tertiary/aromatic N) is 3. The molecule has 6 nitrogen and oxygen atoms in total. The van der Waals surface area contributed by atoms with Crippen LogP contribution in [0.2, 0.25) is 0 Å². The lowest BCUT2D eigenvalue weighted by molar-refractivity contribution is -0.132. The summed E-state index contributed by atoms with van der Waals surface area (Å²) < 4.78 is 21.7. The molecule has 5 rings (SSSR count). The van der Waals surface area contributed by atoms with Crippen LogP contribution in [0.15, 0.2) is 65.7 Å². The van der Waals surface area contributed by atoms with Crippen LogP contribution in [0.5, 0.6) is 5.75 Å². The van der Waals surface area contributed by atoms with Crippen molar-refractivity contribution in [2.45, 2.75) is 77.2 Å². The molecule has 2 aromatic carbocycles. The molecule has 1 aromatic heterocycles. The summed E-state index contributed by atoms with van der Waals surface area (Å²) in [4.78, 5) is 14.6. The normalized spacial score (nSPS) is 20.6. The topological polar surface area (TPSA) is 67.6 Å². The molecular formula is C35H45ClFN3O3. The van der Waals surface area contributed by atoms with Crippen LogP contribution in [0.4, 0.5) is 4.39 Å². The summed E-state index contributed by atoms with van der Waals surface area (Å²) in [6, 6.07) is 17.4. The second-order valence-corrected chi connectivity index (χ2v) is 11.9. The van der Waals surface area contributed by atoms with Gasteiger partial charge in [-0.25, -0.2) is 9.18 Å². The van der Waals surface area contributed by atoms with Gasteiger partial charge in [-0.1, -0.05) is 43.2 Å². The van der Waals surface area contributed by atoms with Gasteiger partial charge in [0.05, 0.1) is 12.8 Å². The zero-order valence-electron chi connectivity index (χ0n) is 25.6. The molecule has 43 heavy (non-hydrogen) atoms. The van der Waals surface area contributed by atoms with E-state index in [0.717, 1.165) is 80.9 Å². The van der Waals surface area contributed by atoms with Gasteiger partial charge in [-0.3, -0.25) is 4.68 Å². The molecule has 0 amide bonds. The standard InChI is InChI=1S/C35H44FN3O3.ClH/c1-4-7-32(35(40)41)27-19-28(33(21-27)26-8-6-9-29(36)20-26)23-38-16-14-25(15-17-38)34-22-30(37-39(34)5-2)18-24-10-12-31(42-3)13-11-24;/h6,8-13,20,22,25,28,33H,4-5,7,14-19,21,23H2,1-3H3,(H,40,41);1H/b32-27-;. The molecule has 0 radical (unpaired) electrons. The van der Waals surface area contributed by atoms with E-state index in [9.17, 15) is 14.3 Å². The van der Waals surface area contributed by atoms with Gasteiger partial charge in [0.2, 0.25) is 0 Å².